The quantitative estimate of drug-likeness (QED) is 0.651. The fourth-order valence-corrected chi connectivity index (χ4v) is 3.72. The zero-order valence-corrected chi connectivity index (χ0v) is 13.1. The summed E-state index contributed by atoms with van der Waals surface area (Å²) in [5, 5.41) is 0.493. The number of fused-ring (bicyclic) bond motifs is 1. The number of nitrogens with zero attached hydrogens (tertiary/aromatic N) is 1. The van der Waals surface area contributed by atoms with E-state index in [1.807, 2.05) is 39.5 Å². The first kappa shape index (κ1) is 16.8. The van der Waals surface area contributed by atoms with E-state index in [1.54, 1.807) is 0 Å². The molecule has 102 valence electrons. The van der Waals surface area contributed by atoms with Crippen LogP contribution in [-0.2, 0) is 4.79 Å². The van der Waals surface area contributed by atoms with Crippen molar-refractivity contribution in [1.29, 1.82) is 0 Å². The van der Waals surface area contributed by atoms with Crippen molar-refractivity contribution >= 4 is 17.7 Å². The van der Waals surface area contributed by atoms with E-state index in [0.29, 0.717) is 17.3 Å². The Labute approximate surface area is 112 Å². The summed E-state index contributed by atoms with van der Waals surface area (Å²) < 4.78 is 0. The predicted octanol–water partition coefficient (Wildman–Crippen LogP) is 4.15. The van der Waals surface area contributed by atoms with Gasteiger partial charge in [-0.05, 0) is 26.2 Å². The molecule has 3 heteroatoms. The predicted molar refractivity (Wildman–Crippen MR) is 78.3 cm³/mol. The Morgan fingerprint density at radius 1 is 1.12 bits per heavy atom. The molecule has 0 aromatic carbocycles. The van der Waals surface area contributed by atoms with E-state index in [9.17, 15) is 4.79 Å². The van der Waals surface area contributed by atoms with Crippen molar-refractivity contribution in [2.75, 3.05) is 5.75 Å². The van der Waals surface area contributed by atoms with E-state index in [2.05, 4.69) is 18.7 Å². The van der Waals surface area contributed by atoms with Crippen molar-refractivity contribution in [3.8, 4) is 0 Å². The fourth-order valence-electron chi connectivity index (χ4n) is 2.25. The molecule has 2 nitrogen and oxygen atoms in total. The number of carbonyl (C=O) groups is 1. The highest BCUT2D eigenvalue weighted by molar-refractivity contribution is 8.00. The molecular weight excluding hydrogens is 230 g/mol. The van der Waals surface area contributed by atoms with E-state index >= 15 is 0 Å². The lowest BCUT2D eigenvalue weighted by atomic mass is 10.1. The molecule has 2 aliphatic heterocycles. The van der Waals surface area contributed by atoms with Gasteiger partial charge in [-0.2, -0.15) is 0 Å². The lowest BCUT2D eigenvalue weighted by molar-refractivity contribution is -0.136. The molecule has 2 saturated heterocycles. The van der Waals surface area contributed by atoms with Crippen molar-refractivity contribution in [2.45, 2.75) is 72.2 Å². The van der Waals surface area contributed by atoms with Crippen molar-refractivity contribution < 1.29 is 4.79 Å². The summed E-state index contributed by atoms with van der Waals surface area (Å²) in [6, 6.07) is 0.461. The van der Waals surface area contributed by atoms with Crippen LogP contribution in [0, 0.1) is 5.92 Å². The molecule has 0 radical (unpaired) electrons. The molecule has 3 atom stereocenters. The van der Waals surface area contributed by atoms with Gasteiger partial charge in [0, 0.05) is 17.7 Å². The fraction of sp³-hybridized carbons (Fsp3) is 0.929. The van der Waals surface area contributed by atoms with Gasteiger partial charge >= 0.3 is 0 Å². The normalized spacial score (nSPS) is 31.5. The second-order valence-corrected chi connectivity index (χ2v) is 5.43. The molecule has 0 aromatic heterocycles. The lowest BCUT2D eigenvalue weighted by Gasteiger charge is -2.26. The topological polar surface area (TPSA) is 20.3 Å². The number of rotatable bonds is 0. The van der Waals surface area contributed by atoms with Crippen LogP contribution in [0.5, 0.6) is 0 Å². The summed E-state index contributed by atoms with van der Waals surface area (Å²) in [5.74, 6) is 1.77. The zero-order valence-electron chi connectivity index (χ0n) is 12.3. The Kier molecular flexibility index (Phi) is 8.75. The molecule has 0 aliphatic carbocycles. The van der Waals surface area contributed by atoms with Gasteiger partial charge in [-0.3, -0.25) is 4.79 Å². The standard InChI is InChI=1S/C10H17NOS.2C2H6/c1-7-4-3-5-9-11(10(7)12)8(2)6-13-9;2*1-2/h7-9H,3-6H2,1-2H3;2*1-2H3. The van der Waals surface area contributed by atoms with Gasteiger partial charge in [0.1, 0.15) is 0 Å². The highest BCUT2D eigenvalue weighted by Crippen LogP contribution is 2.36. The van der Waals surface area contributed by atoms with Gasteiger partial charge in [0.05, 0.1) is 5.37 Å². The molecule has 0 spiro atoms. The minimum Gasteiger partial charge on any atom is -0.327 e. The molecule has 0 N–H and O–H groups in total. The average molecular weight is 259 g/mol. The molecule has 1 amide bonds. The van der Waals surface area contributed by atoms with E-state index in [0.717, 1.165) is 12.2 Å². The minimum absolute atomic E-state index is 0.256. The lowest BCUT2D eigenvalue weighted by Crippen LogP contribution is -2.41. The summed E-state index contributed by atoms with van der Waals surface area (Å²) in [6.07, 6.45) is 3.50. The molecule has 2 aliphatic rings. The van der Waals surface area contributed by atoms with E-state index in [4.69, 9.17) is 0 Å². The van der Waals surface area contributed by atoms with Gasteiger partial charge in [-0.25, -0.2) is 0 Å². The van der Waals surface area contributed by atoms with Crippen LogP contribution < -0.4 is 0 Å². The summed E-state index contributed by atoms with van der Waals surface area (Å²) in [4.78, 5) is 14.1. The summed E-state index contributed by atoms with van der Waals surface area (Å²) in [5.41, 5.74) is 0. The Balaban J connectivity index is 0.000000581. The van der Waals surface area contributed by atoms with Crippen LogP contribution in [0.3, 0.4) is 0 Å². The van der Waals surface area contributed by atoms with E-state index in [1.165, 1.54) is 12.8 Å². The Hall–Kier alpha value is -0.180. The van der Waals surface area contributed by atoms with Crippen molar-refractivity contribution in [3.05, 3.63) is 0 Å². The molecule has 0 bridgehead atoms. The second-order valence-electron chi connectivity index (χ2n) is 4.21. The van der Waals surface area contributed by atoms with E-state index < -0.39 is 0 Å². The number of amides is 1. The van der Waals surface area contributed by atoms with Crippen LogP contribution in [-0.4, -0.2) is 28.0 Å². The van der Waals surface area contributed by atoms with Gasteiger partial charge in [0.25, 0.3) is 0 Å². The summed E-state index contributed by atoms with van der Waals surface area (Å²) in [6.45, 7) is 12.2. The first-order chi connectivity index (χ1) is 8.20. The molecule has 2 rings (SSSR count). The first-order valence-electron chi connectivity index (χ1n) is 7.14. The third-order valence-electron chi connectivity index (χ3n) is 3.08. The number of thioether (sulfide) groups is 1. The van der Waals surface area contributed by atoms with Crippen molar-refractivity contribution in [1.82, 2.24) is 4.90 Å². The van der Waals surface area contributed by atoms with Gasteiger partial charge < -0.3 is 4.90 Å². The highest BCUT2D eigenvalue weighted by atomic mass is 32.2. The summed E-state index contributed by atoms with van der Waals surface area (Å²) in [7, 11) is 0. The summed E-state index contributed by atoms with van der Waals surface area (Å²) >= 11 is 1.96. The second kappa shape index (κ2) is 8.84. The number of hydrogen-bond donors (Lipinski definition) is 0. The molecule has 3 unspecified atom stereocenters. The molecule has 2 fully saturated rings. The zero-order chi connectivity index (χ0) is 13.4. The molecule has 0 aromatic rings. The minimum atomic E-state index is 0.256. The van der Waals surface area contributed by atoms with Gasteiger partial charge in [-0.1, -0.05) is 34.6 Å². The molecule has 2 heterocycles. The third kappa shape index (κ3) is 4.20. The maximum atomic E-state index is 11.9. The molecular formula is C14H29NOS. The van der Waals surface area contributed by atoms with Gasteiger partial charge in [-0.15, -0.1) is 11.8 Å². The van der Waals surface area contributed by atoms with Crippen molar-refractivity contribution in [2.24, 2.45) is 5.92 Å². The third-order valence-corrected chi connectivity index (χ3v) is 4.60. The van der Waals surface area contributed by atoms with Crippen LogP contribution in [0.25, 0.3) is 0 Å². The van der Waals surface area contributed by atoms with Gasteiger partial charge in [0.15, 0.2) is 0 Å². The van der Waals surface area contributed by atoms with Crippen LogP contribution >= 0.6 is 11.8 Å². The monoisotopic (exact) mass is 259 g/mol. The van der Waals surface area contributed by atoms with Gasteiger partial charge in [0.2, 0.25) is 5.91 Å². The first-order valence-corrected chi connectivity index (χ1v) is 8.19. The Morgan fingerprint density at radius 2 is 1.71 bits per heavy atom. The molecule has 0 saturated carbocycles. The smallest absolute Gasteiger partial charge is 0.226 e. The van der Waals surface area contributed by atoms with Crippen LogP contribution in [0.1, 0.15) is 60.8 Å². The SMILES string of the molecule is CC.CC.CC1CCCC2SCC(C)N2C1=O. The largest absolute Gasteiger partial charge is 0.327 e. The van der Waals surface area contributed by atoms with Crippen LogP contribution in [0.4, 0.5) is 0 Å². The Morgan fingerprint density at radius 3 is 2.29 bits per heavy atom. The highest BCUT2D eigenvalue weighted by Gasteiger charge is 2.38. The Bertz CT molecular complexity index is 220. The van der Waals surface area contributed by atoms with Crippen molar-refractivity contribution in [3.63, 3.8) is 0 Å². The van der Waals surface area contributed by atoms with Crippen LogP contribution in [0.15, 0.2) is 0 Å². The number of hydrogen-bond acceptors (Lipinski definition) is 2. The average Bonchev–Trinajstić information content (AvgIpc) is 2.67. The van der Waals surface area contributed by atoms with Crippen LogP contribution in [0.2, 0.25) is 0 Å². The maximum Gasteiger partial charge on any atom is 0.226 e. The number of carbonyl (C=O) groups excluding carboxylic acids is 1. The van der Waals surface area contributed by atoms with E-state index in [-0.39, 0.29) is 5.92 Å². The molecule has 17 heavy (non-hydrogen) atoms. The maximum absolute atomic E-state index is 11.9.